The van der Waals surface area contributed by atoms with Crippen molar-refractivity contribution in [3.63, 3.8) is 0 Å². The van der Waals surface area contributed by atoms with Crippen molar-refractivity contribution in [2.75, 3.05) is 6.61 Å². The van der Waals surface area contributed by atoms with Gasteiger partial charge in [0, 0.05) is 19.9 Å². The van der Waals surface area contributed by atoms with Gasteiger partial charge in [0.25, 0.3) is 0 Å². The molecule has 0 bridgehead atoms. The summed E-state index contributed by atoms with van der Waals surface area (Å²) in [5, 5.41) is 10.9. The molecule has 2 unspecified atom stereocenters. The van der Waals surface area contributed by atoms with E-state index >= 15 is 0 Å². The zero-order valence-electron chi connectivity index (χ0n) is 14.9. The van der Waals surface area contributed by atoms with E-state index in [1.165, 1.54) is 37.5 Å². The predicted octanol–water partition coefficient (Wildman–Crippen LogP) is 1.89. The van der Waals surface area contributed by atoms with Gasteiger partial charge in [0.2, 0.25) is 5.75 Å². The number of esters is 2. The first-order chi connectivity index (χ1) is 13.3. The summed E-state index contributed by atoms with van der Waals surface area (Å²) >= 11 is 0. The highest BCUT2D eigenvalue weighted by molar-refractivity contribution is 5.68. The Labute approximate surface area is 158 Å². The van der Waals surface area contributed by atoms with Gasteiger partial charge in [-0.3, -0.25) is 19.7 Å². The van der Waals surface area contributed by atoms with Crippen LogP contribution in [0.3, 0.4) is 0 Å². The van der Waals surface area contributed by atoms with E-state index in [2.05, 4.69) is 0 Å². The van der Waals surface area contributed by atoms with Gasteiger partial charge in [-0.15, -0.1) is 0 Å². The average molecular weight is 395 g/mol. The van der Waals surface area contributed by atoms with Gasteiger partial charge in [-0.1, -0.05) is 12.1 Å². The summed E-state index contributed by atoms with van der Waals surface area (Å²) in [5.74, 6) is -1.56. The molecule has 2 rings (SSSR count). The first-order valence-corrected chi connectivity index (χ1v) is 8.02. The Kier molecular flexibility index (Phi) is 6.90. The fourth-order valence-corrected chi connectivity index (χ4v) is 2.35. The van der Waals surface area contributed by atoms with Crippen LogP contribution in [0, 0.1) is 10.1 Å². The number of para-hydroxylation sites is 2. The molecule has 0 N–H and O–H groups in total. The molecular weight excluding hydrogens is 378 g/mol. The predicted molar refractivity (Wildman–Crippen MR) is 90.2 cm³/mol. The van der Waals surface area contributed by atoms with Crippen LogP contribution in [0.5, 0.6) is 5.75 Å². The summed E-state index contributed by atoms with van der Waals surface area (Å²) in [5.41, 5.74) is -0.413. The Bertz CT molecular complexity index is 790. The van der Waals surface area contributed by atoms with Crippen LogP contribution in [0.4, 0.5) is 10.5 Å². The molecule has 0 aromatic heterocycles. The molecule has 0 aliphatic carbocycles. The van der Waals surface area contributed by atoms with Crippen LogP contribution in [0.15, 0.2) is 36.6 Å². The standard InChI is InChI=1S/C17H17NO10/c1-10(19)26-14-7-8-24-15(16(14)27-11(2)20)9-25-17(21)28-13-6-4-3-5-12(13)18(22)23/h3-8,14-16H,9H2,1-2H3/t14?,15?,16-/m0/s1. The zero-order valence-corrected chi connectivity index (χ0v) is 14.9. The lowest BCUT2D eigenvalue weighted by molar-refractivity contribution is -0.385. The topological polar surface area (TPSA) is 141 Å². The van der Waals surface area contributed by atoms with Crippen molar-refractivity contribution < 1.29 is 43.0 Å². The highest BCUT2D eigenvalue weighted by Gasteiger charge is 2.38. The minimum absolute atomic E-state index is 0.295. The molecular formula is C17H17NO10. The zero-order chi connectivity index (χ0) is 20.7. The number of ether oxygens (including phenoxy) is 5. The lowest BCUT2D eigenvalue weighted by atomic mass is 10.1. The van der Waals surface area contributed by atoms with E-state index in [9.17, 15) is 24.5 Å². The lowest BCUT2D eigenvalue weighted by Gasteiger charge is -2.32. The Morgan fingerprint density at radius 1 is 1.14 bits per heavy atom. The number of nitrogens with zero attached hydrogens (tertiary/aromatic N) is 1. The molecule has 11 nitrogen and oxygen atoms in total. The number of benzene rings is 1. The number of carbonyl (C=O) groups is 3. The van der Waals surface area contributed by atoms with E-state index in [0.717, 1.165) is 13.0 Å². The molecule has 1 heterocycles. The first-order valence-electron chi connectivity index (χ1n) is 8.02. The molecule has 1 aromatic carbocycles. The van der Waals surface area contributed by atoms with Crippen molar-refractivity contribution >= 4 is 23.8 Å². The summed E-state index contributed by atoms with van der Waals surface area (Å²) in [6, 6.07) is 5.26. The van der Waals surface area contributed by atoms with E-state index in [-0.39, 0.29) is 5.75 Å². The maximum atomic E-state index is 11.9. The number of carbonyl (C=O) groups excluding carboxylic acids is 3. The van der Waals surface area contributed by atoms with Crippen LogP contribution < -0.4 is 4.74 Å². The van der Waals surface area contributed by atoms with Gasteiger partial charge in [-0.05, 0) is 12.1 Å². The second kappa shape index (κ2) is 9.35. The van der Waals surface area contributed by atoms with Gasteiger partial charge in [-0.2, -0.15) is 0 Å². The molecule has 3 atom stereocenters. The van der Waals surface area contributed by atoms with Gasteiger partial charge in [0.05, 0.1) is 11.2 Å². The maximum Gasteiger partial charge on any atom is 0.514 e. The molecule has 0 radical (unpaired) electrons. The SMILES string of the molecule is CC(=O)OC1C=COC(COC(=O)Oc2ccccc2[N+](=O)[O-])[C@H]1OC(C)=O. The minimum atomic E-state index is -1.22. The number of hydrogen-bond donors (Lipinski definition) is 0. The summed E-state index contributed by atoms with van der Waals surface area (Å²) in [4.78, 5) is 44.6. The van der Waals surface area contributed by atoms with Crippen molar-refractivity contribution in [1.29, 1.82) is 0 Å². The van der Waals surface area contributed by atoms with E-state index in [1.807, 2.05) is 0 Å². The van der Waals surface area contributed by atoms with Crippen molar-refractivity contribution in [3.05, 3.63) is 46.7 Å². The van der Waals surface area contributed by atoms with Crippen LogP contribution in [0.2, 0.25) is 0 Å². The molecule has 150 valence electrons. The highest BCUT2D eigenvalue weighted by Crippen LogP contribution is 2.26. The molecule has 1 aliphatic rings. The number of nitro benzene ring substituents is 1. The van der Waals surface area contributed by atoms with E-state index in [1.54, 1.807) is 0 Å². The number of rotatable bonds is 6. The van der Waals surface area contributed by atoms with Crippen LogP contribution >= 0.6 is 0 Å². The van der Waals surface area contributed by atoms with Gasteiger partial charge >= 0.3 is 23.8 Å². The van der Waals surface area contributed by atoms with Crippen molar-refractivity contribution in [3.8, 4) is 5.75 Å². The maximum absolute atomic E-state index is 11.9. The third-order valence-corrected chi connectivity index (χ3v) is 3.44. The third kappa shape index (κ3) is 5.69. The number of nitro groups is 1. The Balaban J connectivity index is 2.02. The van der Waals surface area contributed by atoms with Crippen LogP contribution in [-0.2, 0) is 28.5 Å². The van der Waals surface area contributed by atoms with Crippen LogP contribution in [0.25, 0.3) is 0 Å². The van der Waals surface area contributed by atoms with Gasteiger partial charge < -0.3 is 23.7 Å². The summed E-state index contributed by atoms with van der Waals surface area (Å²) < 4.78 is 25.2. The molecule has 0 saturated heterocycles. The minimum Gasteiger partial charge on any atom is -0.491 e. The third-order valence-electron chi connectivity index (χ3n) is 3.44. The lowest BCUT2D eigenvalue weighted by Crippen LogP contribution is -2.47. The summed E-state index contributed by atoms with van der Waals surface area (Å²) in [6.07, 6.45) is -1.62. The first kappa shape index (κ1) is 20.7. The quantitative estimate of drug-likeness (QED) is 0.230. The Morgan fingerprint density at radius 3 is 2.46 bits per heavy atom. The van der Waals surface area contributed by atoms with Crippen LogP contribution in [-0.4, -0.2) is 47.9 Å². The van der Waals surface area contributed by atoms with Crippen molar-refractivity contribution in [1.82, 2.24) is 0 Å². The summed E-state index contributed by atoms with van der Waals surface area (Å²) in [6.45, 7) is 1.91. The van der Waals surface area contributed by atoms with Crippen molar-refractivity contribution in [2.24, 2.45) is 0 Å². The number of hydrogen-bond acceptors (Lipinski definition) is 10. The molecule has 1 aliphatic heterocycles. The monoisotopic (exact) mass is 395 g/mol. The smallest absolute Gasteiger partial charge is 0.491 e. The Hall–Kier alpha value is -3.63. The van der Waals surface area contributed by atoms with E-state index in [0.29, 0.717) is 0 Å². The molecule has 1 aromatic rings. The van der Waals surface area contributed by atoms with E-state index < -0.39 is 53.6 Å². The second-order valence-electron chi connectivity index (χ2n) is 5.54. The summed E-state index contributed by atoms with van der Waals surface area (Å²) in [7, 11) is 0. The Morgan fingerprint density at radius 2 is 1.82 bits per heavy atom. The van der Waals surface area contributed by atoms with Gasteiger partial charge in [-0.25, -0.2) is 4.79 Å². The molecule has 0 saturated carbocycles. The molecule has 28 heavy (non-hydrogen) atoms. The second-order valence-corrected chi connectivity index (χ2v) is 5.54. The molecule has 11 heteroatoms. The van der Waals surface area contributed by atoms with E-state index in [4.69, 9.17) is 23.7 Å². The molecule has 0 spiro atoms. The van der Waals surface area contributed by atoms with Crippen molar-refractivity contribution in [2.45, 2.75) is 32.2 Å². The van der Waals surface area contributed by atoms with Gasteiger partial charge in [0.1, 0.15) is 6.61 Å². The average Bonchev–Trinajstić information content (AvgIpc) is 2.61. The fourth-order valence-electron chi connectivity index (χ4n) is 2.35. The van der Waals surface area contributed by atoms with Crippen LogP contribution in [0.1, 0.15) is 13.8 Å². The highest BCUT2D eigenvalue weighted by atomic mass is 16.7. The molecule has 0 fully saturated rings. The van der Waals surface area contributed by atoms with Gasteiger partial charge in [0.15, 0.2) is 18.3 Å². The largest absolute Gasteiger partial charge is 0.514 e. The normalized spacial score (nSPS) is 20.4. The molecule has 0 amide bonds. The fraction of sp³-hybridized carbons (Fsp3) is 0.353.